The molecule has 1 heterocycles. The summed E-state index contributed by atoms with van der Waals surface area (Å²) in [4.78, 5) is 28.5. The number of ketones is 1. The zero-order chi connectivity index (χ0) is 22.5. The zero-order valence-corrected chi connectivity index (χ0v) is 16.9. The van der Waals surface area contributed by atoms with Gasteiger partial charge in [0.1, 0.15) is 28.9 Å². The highest BCUT2D eigenvalue weighted by Gasteiger charge is 2.23. The van der Waals surface area contributed by atoms with E-state index in [9.17, 15) is 24.3 Å². The summed E-state index contributed by atoms with van der Waals surface area (Å²) < 4.78 is 24.5. The van der Waals surface area contributed by atoms with Gasteiger partial charge in [-0.3, -0.25) is 9.59 Å². The van der Waals surface area contributed by atoms with Crippen LogP contribution in [0.5, 0.6) is 11.5 Å². The Hall–Kier alpha value is -3.99. The predicted octanol–water partition coefficient (Wildman–Crippen LogP) is 4.15. The fraction of sp³-hybridized carbons (Fsp3) is 0.217. The van der Waals surface area contributed by atoms with Crippen LogP contribution in [0.3, 0.4) is 0 Å². The summed E-state index contributed by atoms with van der Waals surface area (Å²) >= 11 is 0. The van der Waals surface area contributed by atoms with E-state index < -0.39 is 23.3 Å². The van der Waals surface area contributed by atoms with Crippen LogP contribution in [0.2, 0.25) is 0 Å². The highest BCUT2D eigenvalue weighted by atomic mass is 19.1. The molecule has 0 amide bonds. The molecule has 0 fully saturated rings. The first kappa shape index (κ1) is 21.7. The number of methoxy groups -OCH3 is 1. The number of nitriles is 1. The molecular weight excluding hydrogens is 403 g/mol. The van der Waals surface area contributed by atoms with Crippen molar-refractivity contribution in [3.63, 3.8) is 0 Å². The minimum absolute atomic E-state index is 0.153. The number of halogens is 1. The van der Waals surface area contributed by atoms with E-state index in [0.717, 1.165) is 0 Å². The topological polar surface area (TPSA) is 110 Å². The lowest BCUT2D eigenvalue weighted by Gasteiger charge is -2.12. The molecule has 0 aliphatic carbocycles. The van der Waals surface area contributed by atoms with E-state index in [2.05, 4.69) is 4.98 Å². The van der Waals surface area contributed by atoms with Gasteiger partial charge < -0.3 is 14.6 Å². The van der Waals surface area contributed by atoms with Crippen molar-refractivity contribution < 1.29 is 28.6 Å². The summed E-state index contributed by atoms with van der Waals surface area (Å²) in [5.41, 5.74) is 0.211. The lowest BCUT2D eigenvalue weighted by Crippen LogP contribution is -2.10. The molecule has 0 aliphatic rings. The Labute approximate surface area is 177 Å². The lowest BCUT2D eigenvalue weighted by molar-refractivity contribution is -0.143. The van der Waals surface area contributed by atoms with Crippen molar-refractivity contribution in [1.29, 1.82) is 5.26 Å². The second-order valence-corrected chi connectivity index (χ2v) is 6.57. The number of esters is 1. The monoisotopic (exact) mass is 422 g/mol. The molecule has 0 atom stereocenters. The lowest BCUT2D eigenvalue weighted by atomic mass is 9.97. The summed E-state index contributed by atoms with van der Waals surface area (Å²) in [6, 6.07) is 10.9. The maximum Gasteiger partial charge on any atom is 0.306 e. The second kappa shape index (κ2) is 9.22. The van der Waals surface area contributed by atoms with Gasteiger partial charge >= 0.3 is 5.97 Å². The normalized spacial score (nSPS) is 10.5. The Balaban J connectivity index is 2.15. The van der Waals surface area contributed by atoms with Crippen molar-refractivity contribution in [2.24, 2.45) is 0 Å². The number of carbonyl (C=O) groups excluding carboxylic acids is 2. The van der Waals surface area contributed by atoms with Crippen LogP contribution < -0.4 is 4.74 Å². The van der Waals surface area contributed by atoms with Gasteiger partial charge in [-0.25, -0.2) is 9.37 Å². The van der Waals surface area contributed by atoms with Crippen molar-refractivity contribution in [1.82, 2.24) is 4.98 Å². The van der Waals surface area contributed by atoms with Gasteiger partial charge in [-0.2, -0.15) is 5.26 Å². The van der Waals surface area contributed by atoms with E-state index >= 15 is 0 Å². The summed E-state index contributed by atoms with van der Waals surface area (Å²) in [6.45, 7) is 1.83. The SMILES string of the molecule is CCOC(=O)CCC(=O)c1nc2c(-c3ccc(OC)cc3F)cccc2c(C#N)c1O. The van der Waals surface area contributed by atoms with Crippen molar-refractivity contribution >= 4 is 22.7 Å². The first-order chi connectivity index (χ1) is 14.9. The molecule has 0 unspecified atom stereocenters. The third-order valence-corrected chi connectivity index (χ3v) is 4.69. The number of para-hydroxylation sites is 1. The quantitative estimate of drug-likeness (QED) is 0.450. The molecule has 31 heavy (non-hydrogen) atoms. The highest BCUT2D eigenvalue weighted by molar-refractivity contribution is 6.05. The predicted molar refractivity (Wildman–Crippen MR) is 110 cm³/mol. The third-order valence-electron chi connectivity index (χ3n) is 4.69. The van der Waals surface area contributed by atoms with E-state index in [1.807, 2.05) is 6.07 Å². The molecule has 1 aromatic heterocycles. The zero-order valence-electron chi connectivity index (χ0n) is 16.9. The number of aromatic hydroxyl groups is 1. The Morgan fingerprint density at radius 2 is 1.97 bits per heavy atom. The molecule has 0 saturated heterocycles. The Morgan fingerprint density at radius 1 is 1.19 bits per heavy atom. The number of benzene rings is 2. The summed E-state index contributed by atoms with van der Waals surface area (Å²) in [5, 5.41) is 20.4. The van der Waals surface area contributed by atoms with Crippen molar-refractivity contribution in [2.75, 3.05) is 13.7 Å². The number of fused-ring (bicyclic) bond motifs is 1. The Kier molecular flexibility index (Phi) is 6.46. The molecule has 0 spiro atoms. The fourth-order valence-corrected chi connectivity index (χ4v) is 3.21. The molecule has 158 valence electrons. The van der Waals surface area contributed by atoms with Gasteiger partial charge in [0.25, 0.3) is 0 Å². The second-order valence-electron chi connectivity index (χ2n) is 6.57. The van der Waals surface area contributed by atoms with Crippen molar-refractivity contribution in [3.05, 3.63) is 53.5 Å². The van der Waals surface area contributed by atoms with Gasteiger partial charge in [-0.05, 0) is 19.1 Å². The first-order valence-corrected chi connectivity index (χ1v) is 9.49. The van der Waals surface area contributed by atoms with Gasteiger partial charge in [-0.15, -0.1) is 0 Å². The summed E-state index contributed by atoms with van der Waals surface area (Å²) in [7, 11) is 1.42. The van der Waals surface area contributed by atoms with Gasteiger partial charge in [0, 0.05) is 29.0 Å². The maximum absolute atomic E-state index is 14.7. The molecule has 0 saturated carbocycles. The van der Waals surface area contributed by atoms with E-state index in [0.29, 0.717) is 11.3 Å². The highest BCUT2D eigenvalue weighted by Crippen LogP contribution is 2.36. The van der Waals surface area contributed by atoms with Crippen LogP contribution >= 0.6 is 0 Å². The van der Waals surface area contributed by atoms with E-state index in [1.54, 1.807) is 31.2 Å². The molecule has 0 radical (unpaired) electrons. The first-order valence-electron chi connectivity index (χ1n) is 9.49. The van der Waals surface area contributed by atoms with Crippen molar-refractivity contribution in [2.45, 2.75) is 19.8 Å². The molecule has 7 nitrogen and oxygen atoms in total. The number of rotatable bonds is 7. The van der Waals surface area contributed by atoms with Crippen LogP contribution in [0, 0.1) is 17.1 Å². The van der Waals surface area contributed by atoms with E-state index in [4.69, 9.17) is 9.47 Å². The molecule has 8 heteroatoms. The molecule has 3 aromatic rings. The number of carbonyl (C=O) groups is 2. The molecule has 2 aromatic carbocycles. The third kappa shape index (κ3) is 4.31. The molecule has 3 rings (SSSR count). The van der Waals surface area contributed by atoms with Gasteiger partial charge in [0.2, 0.25) is 0 Å². The van der Waals surface area contributed by atoms with Crippen LogP contribution in [0.25, 0.3) is 22.0 Å². The maximum atomic E-state index is 14.7. The summed E-state index contributed by atoms with van der Waals surface area (Å²) in [6.07, 6.45) is -0.447. The average molecular weight is 422 g/mol. The number of hydrogen-bond acceptors (Lipinski definition) is 7. The van der Waals surface area contributed by atoms with Gasteiger partial charge in [0.05, 0.1) is 25.7 Å². The van der Waals surface area contributed by atoms with E-state index in [1.165, 1.54) is 19.2 Å². The average Bonchev–Trinajstić information content (AvgIpc) is 2.77. The molecule has 1 N–H and O–H groups in total. The number of ether oxygens (including phenoxy) is 2. The van der Waals surface area contributed by atoms with Crippen molar-refractivity contribution in [3.8, 4) is 28.7 Å². The number of nitrogens with zero attached hydrogens (tertiary/aromatic N) is 2. The van der Waals surface area contributed by atoms with Gasteiger partial charge in [-0.1, -0.05) is 18.2 Å². The van der Waals surface area contributed by atoms with Crippen LogP contribution in [-0.4, -0.2) is 35.6 Å². The molecule has 0 bridgehead atoms. The Morgan fingerprint density at radius 3 is 2.61 bits per heavy atom. The standard InChI is InChI=1S/C23H19FN2O5/c1-3-31-20(28)10-9-19(27)22-23(29)17(12-25)16-6-4-5-15(21(16)26-22)14-8-7-13(30-2)11-18(14)24/h4-8,11,29H,3,9-10H2,1-2H3. The number of hydrogen-bond donors (Lipinski definition) is 1. The smallest absolute Gasteiger partial charge is 0.306 e. The van der Waals surface area contributed by atoms with Crippen LogP contribution in [0.1, 0.15) is 35.8 Å². The number of aromatic nitrogens is 1. The number of pyridine rings is 1. The molecule has 0 aliphatic heterocycles. The minimum Gasteiger partial charge on any atom is -0.504 e. The van der Waals surface area contributed by atoms with Gasteiger partial charge in [0.15, 0.2) is 11.5 Å². The fourth-order valence-electron chi connectivity index (χ4n) is 3.21. The van der Waals surface area contributed by atoms with E-state index in [-0.39, 0.29) is 47.2 Å². The molecular formula is C23H19FN2O5. The van der Waals surface area contributed by atoms with Crippen LogP contribution in [-0.2, 0) is 9.53 Å². The Bertz CT molecular complexity index is 1220. The minimum atomic E-state index is -0.631. The van der Waals surface area contributed by atoms with Crippen LogP contribution in [0.15, 0.2) is 36.4 Å². The number of Topliss-reactive ketones (excluding diaryl/α,β-unsaturated/α-hetero) is 1. The van der Waals surface area contributed by atoms with Crippen LogP contribution in [0.4, 0.5) is 4.39 Å². The largest absolute Gasteiger partial charge is 0.504 e. The summed E-state index contributed by atoms with van der Waals surface area (Å²) in [5.74, 6) is -2.00.